The van der Waals surface area contributed by atoms with Crippen LogP contribution in [0, 0.1) is 0 Å². The summed E-state index contributed by atoms with van der Waals surface area (Å²) in [4.78, 5) is 15.8. The van der Waals surface area contributed by atoms with E-state index in [2.05, 4.69) is 4.98 Å². The first-order chi connectivity index (χ1) is 6.90. The lowest BCUT2D eigenvalue weighted by Gasteiger charge is -2.21. The Morgan fingerprint density at radius 3 is 2.53 bits per heavy atom. The molecule has 1 atom stereocenters. The molecule has 82 valence electrons. The summed E-state index contributed by atoms with van der Waals surface area (Å²) in [6.45, 7) is 7.37. The molecule has 15 heavy (non-hydrogen) atoms. The van der Waals surface area contributed by atoms with Gasteiger partial charge in [-0.3, -0.25) is 9.78 Å². The largest absolute Gasteiger partial charge is 0.459 e. The number of rotatable bonds is 2. The van der Waals surface area contributed by atoms with Crippen molar-refractivity contribution in [1.29, 1.82) is 0 Å². The zero-order valence-corrected chi connectivity index (χ0v) is 9.65. The Hall–Kier alpha value is -1.38. The number of ether oxygens (including phenoxy) is 1. The molecule has 0 amide bonds. The Kier molecular flexibility index (Phi) is 3.45. The maximum atomic E-state index is 11.7. The van der Waals surface area contributed by atoms with Crippen molar-refractivity contribution >= 4 is 5.97 Å². The van der Waals surface area contributed by atoms with E-state index >= 15 is 0 Å². The maximum Gasteiger partial charge on any atom is 0.315 e. The molecule has 0 aliphatic carbocycles. The molecule has 0 aliphatic rings. The van der Waals surface area contributed by atoms with Crippen LogP contribution in [0.5, 0.6) is 0 Å². The van der Waals surface area contributed by atoms with E-state index in [-0.39, 0.29) is 11.9 Å². The second-order valence-electron chi connectivity index (χ2n) is 4.51. The molecule has 1 rings (SSSR count). The van der Waals surface area contributed by atoms with Gasteiger partial charge in [0.05, 0.1) is 11.6 Å². The summed E-state index contributed by atoms with van der Waals surface area (Å²) in [6.07, 6.45) is 1.68. The van der Waals surface area contributed by atoms with E-state index in [1.54, 1.807) is 13.1 Å². The molecular formula is C12H17NO2. The van der Waals surface area contributed by atoms with Gasteiger partial charge in [0, 0.05) is 6.20 Å². The number of aromatic nitrogens is 1. The van der Waals surface area contributed by atoms with Crippen molar-refractivity contribution in [3.8, 4) is 0 Å². The van der Waals surface area contributed by atoms with Crippen LogP contribution in [-0.2, 0) is 9.53 Å². The third kappa shape index (κ3) is 3.70. The van der Waals surface area contributed by atoms with E-state index in [1.807, 2.05) is 39.0 Å². The Labute approximate surface area is 90.5 Å². The van der Waals surface area contributed by atoms with E-state index in [4.69, 9.17) is 4.74 Å². The van der Waals surface area contributed by atoms with E-state index in [9.17, 15) is 4.79 Å². The molecule has 3 nitrogen and oxygen atoms in total. The molecule has 0 fully saturated rings. The fourth-order valence-corrected chi connectivity index (χ4v) is 1.14. The summed E-state index contributed by atoms with van der Waals surface area (Å²) in [5, 5.41) is 0. The van der Waals surface area contributed by atoms with Crippen molar-refractivity contribution in [1.82, 2.24) is 4.98 Å². The molecule has 3 heteroatoms. The Morgan fingerprint density at radius 1 is 1.40 bits per heavy atom. The summed E-state index contributed by atoms with van der Waals surface area (Å²) in [5.41, 5.74) is 0.298. The topological polar surface area (TPSA) is 39.2 Å². The fraction of sp³-hybridized carbons (Fsp3) is 0.500. The SMILES string of the molecule is C[C@H](C(=O)OC(C)(C)C)c1ccccn1. The quantitative estimate of drug-likeness (QED) is 0.699. The van der Waals surface area contributed by atoms with Crippen molar-refractivity contribution in [3.05, 3.63) is 30.1 Å². The van der Waals surface area contributed by atoms with Crippen LogP contribution in [0.3, 0.4) is 0 Å². The van der Waals surface area contributed by atoms with Gasteiger partial charge in [-0.2, -0.15) is 0 Å². The standard InChI is InChI=1S/C12H17NO2/c1-9(10-7-5-6-8-13-10)11(14)15-12(2,3)4/h5-9H,1-4H3/t9-/m0/s1. The van der Waals surface area contributed by atoms with E-state index < -0.39 is 5.60 Å². The molecule has 0 spiro atoms. The summed E-state index contributed by atoms with van der Waals surface area (Å²) >= 11 is 0. The summed E-state index contributed by atoms with van der Waals surface area (Å²) < 4.78 is 5.27. The molecule has 0 bridgehead atoms. The highest BCUT2D eigenvalue weighted by molar-refractivity contribution is 5.77. The highest BCUT2D eigenvalue weighted by atomic mass is 16.6. The fourth-order valence-electron chi connectivity index (χ4n) is 1.14. The van der Waals surface area contributed by atoms with Crippen LogP contribution in [0.2, 0.25) is 0 Å². The predicted octanol–water partition coefficient (Wildman–Crippen LogP) is 2.53. The van der Waals surface area contributed by atoms with Gasteiger partial charge < -0.3 is 4.74 Å². The van der Waals surface area contributed by atoms with Crippen LogP contribution in [-0.4, -0.2) is 16.6 Å². The van der Waals surface area contributed by atoms with Crippen molar-refractivity contribution in [2.45, 2.75) is 39.2 Å². The van der Waals surface area contributed by atoms with Gasteiger partial charge in [0.1, 0.15) is 5.60 Å². The van der Waals surface area contributed by atoms with Crippen LogP contribution < -0.4 is 0 Å². The lowest BCUT2D eigenvalue weighted by atomic mass is 10.1. The third-order valence-corrected chi connectivity index (χ3v) is 1.89. The average Bonchev–Trinajstić information content (AvgIpc) is 2.15. The van der Waals surface area contributed by atoms with Crippen molar-refractivity contribution < 1.29 is 9.53 Å². The first-order valence-electron chi connectivity index (χ1n) is 5.04. The summed E-state index contributed by atoms with van der Waals surface area (Å²) in [7, 11) is 0. The molecule has 1 heterocycles. The first-order valence-corrected chi connectivity index (χ1v) is 5.04. The zero-order chi connectivity index (χ0) is 11.5. The van der Waals surface area contributed by atoms with Gasteiger partial charge in [-0.1, -0.05) is 6.07 Å². The van der Waals surface area contributed by atoms with Crippen LogP contribution in [0.4, 0.5) is 0 Å². The smallest absolute Gasteiger partial charge is 0.315 e. The molecule has 0 radical (unpaired) electrons. The van der Waals surface area contributed by atoms with E-state index in [0.717, 1.165) is 5.69 Å². The van der Waals surface area contributed by atoms with Crippen LogP contribution in [0.25, 0.3) is 0 Å². The number of carbonyl (C=O) groups excluding carboxylic acids is 1. The van der Waals surface area contributed by atoms with Crippen molar-refractivity contribution in [2.75, 3.05) is 0 Å². The molecule has 0 saturated carbocycles. The van der Waals surface area contributed by atoms with Gasteiger partial charge in [-0.25, -0.2) is 0 Å². The minimum Gasteiger partial charge on any atom is -0.459 e. The Morgan fingerprint density at radius 2 is 2.07 bits per heavy atom. The van der Waals surface area contributed by atoms with Crippen molar-refractivity contribution in [2.24, 2.45) is 0 Å². The lowest BCUT2D eigenvalue weighted by Crippen LogP contribution is -2.27. The van der Waals surface area contributed by atoms with Gasteiger partial charge in [-0.05, 0) is 39.8 Å². The number of nitrogens with zero attached hydrogens (tertiary/aromatic N) is 1. The van der Waals surface area contributed by atoms with Crippen LogP contribution in [0.1, 0.15) is 39.3 Å². The maximum absolute atomic E-state index is 11.7. The van der Waals surface area contributed by atoms with Gasteiger partial charge in [0.25, 0.3) is 0 Å². The molecule has 1 aromatic heterocycles. The minimum absolute atomic E-state index is 0.235. The lowest BCUT2D eigenvalue weighted by molar-refractivity contribution is -0.156. The highest BCUT2D eigenvalue weighted by Crippen LogP contribution is 2.17. The number of esters is 1. The number of carbonyl (C=O) groups is 1. The molecule has 0 unspecified atom stereocenters. The predicted molar refractivity (Wildman–Crippen MR) is 58.5 cm³/mol. The molecule has 0 aromatic carbocycles. The average molecular weight is 207 g/mol. The monoisotopic (exact) mass is 207 g/mol. The molecular weight excluding hydrogens is 190 g/mol. The Bertz CT molecular complexity index is 327. The summed E-state index contributed by atoms with van der Waals surface area (Å²) in [5.74, 6) is -0.549. The Balaban J connectivity index is 2.70. The van der Waals surface area contributed by atoms with Gasteiger partial charge in [0.2, 0.25) is 0 Å². The van der Waals surface area contributed by atoms with Gasteiger partial charge in [-0.15, -0.1) is 0 Å². The summed E-state index contributed by atoms with van der Waals surface area (Å²) in [6, 6.07) is 5.52. The third-order valence-electron chi connectivity index (χ3n) is 1.89. The zero-order valence-electron chi connectivity index (χ0n) is 9.65. The molecule has 0 aliphatic heterocycles. The number of hydrogen-bond donors (Lipinski definition) is 0. The van der Waals surface area contributed by atoms with Gasteiger partial charge in [0.15, 0.2) is 0 Å². The molecule has 0 N–H and O–H groups in total. The number of hydrogen-bond acceptors (Lipinski definition) is 3. The van der Waals surface area contributed by atoms with Crippen LogP contribution >= 0.6 is 0 Å². The molecule has 0 saturated heterocycles. The number of pyridine rings is 1. The second kappa shape index (κ2) is 4.43. The first kappa shape index (κ1) is 11.7. The molecule has 1 aromatic rings. The minimum atomic E-state index is -0.444. The highest BCUT2D eigenvalue weighted by Gasteiger charge is 2.23. The van der Waals surface area contributed by atoms with Crippen LogP contribution in [0.15, 0.2) is 24.4 Å². The second-order valence-corrected chi connectivity index (χ2v) is 4.51. The van der Waals surface area contributed by atoms with E-state index in [0.29, 0.717) is 0 Å². The van der Waals surface area contributed by atoms with Gasteiger partial charge >= 0.3 is 5.97 Å². The normalized spacial score (nSPS) is 13.3. The van der Waals surface area contributed by atoms with Crippen molar-refractivity contribution in [3.63, 3.8) is 0 Å². The van der Waals surface area contributed by atoms with E-state index in [1.165, 1.54) is 0 Å².